The second-order valence-corrected chi connectivity index (χ2v) is 14.1. The standard InChI is InChI=1S/C39H26F12N2O2/c40-36(41,42)23-9-19(10-24(15-23)37(43,44)45)17-35(33-52-31-27-7-3-1-5-21(27)13-29(31)54-33,34-53-32-28-8-4-2-6-22(28)14-30(32)55-34)18-20-11-25(38(46,47)48)16-26(12-20)39(49,50)51/h1-12,15-16,29-32H,13-14,17-18H2/t29-,30-,31+,32+/m1/s1. The van der Waals surface area contributed by atoms with Gasteiger partial charge in [0.05, 0.1) is 22.3 Å². The van der Waals surface area contributed by atoms with Crippen molar-refractivity contribution in [1.82, 2.24) is 0 Å². The lowest BCUT2D eigenvalue weighted by atomic mass is 9.74. The molecular weight excluding hydrogens is 756 g/mol. The molecule has 4 aromatic rings. The van der Waals surface area contributed by atoms with E-state index in [-0.39, 0.29) is 36.8 Å². The Kier molecular flexibility index (Phi) is 8.39. The van der Waals surface area contributed by atoms with Crippen molar-refractivity contribution in [1.29, 1.82) is 0 Å². The van der Waals surface area contributed by atoms with E-state index >= 15 is 0 Å². The number of hydrogen-bond acceptors (Lipinski definition) is 4. The van der Waals surface area contributed by atoms with Crippen molar-refractivity contribution in [3.05, 3.63) is 141 Å². The van der Waals surface area contributed by atoms with Gasteiger partial charge < -0.3 is 9.47 Å². The number of benzene rings is 4. The Bertz CT molecular complexity index is 2010. The van der Waals surface area contributed by atoms with Crippen LogP contribution in [0.15, 0.2) is 94.9 Å². The van der Waals surface area contributed by atoms with Crippen LogP contribution in [0.2, 0.25) is 0 Å². The number of halogens is 12. The summed E-state index contributed by atoms with van der Waals surface area (Å²) in [7, 11) is 0. The van der Waals surface area contributed by atoms with Gasteiger partial charge in [0, 0.05) is 12.8 Å². The predicted molar refractivity (Wildman–Crippen MR) is 173 cm³/mol. The SMILES string of the molecule is FC(F)(F)c1cc(CC(Cc2cc(C(F)(F)F)cc(C(F)(F)F)c2)(C2=N[C@H]3c4ccccc4C[C@H]3O2)C2=N[C@H]3c4ccccc4C[C@H]3O2)cc(C(F)(F)F)c1. The molecule has 55 heavy (non-hydrogen) atoms. The largest absolute Gasteiger partial charge is 0.474 e. The number of alkyl halides is 12. The van der Waals surface area contributed by atoms with Crippen LogP contribution < -0.4 is 0 Å². The van der Waals surface area contributed by atoms with Gasteiger partial charge in [0.25, 0.3) is 0 Å². The van der Waals surface area contributed by atoms with Gasteiger partial charge in [-0.3, -0.25) is 0 Å². The summed E-state index contributed by atoms with van der Waals surface area (Å²) in [6.07, 6.45) is -23.9. The van der Waals surface area contributed by atoms with Gasteiger partial charge in [-0.2, -0.15) is 52.7 Å². The third-order valence-corrected chi connectivity index (χ3v) is 10.5. The molecule has 2 heterocycles. The molecule has 8 rings (SSSR count). The lowest BCUT2D eigenvalue weighted by Crippen LogP contribution is -2.45. The Morgan fingerprint density at radius 3 is 1.13 bits per heavy atom. The van der Waals surface area contributed by atoms with E-state index in [1.165, 1.54) is 0 Å². The van der Waals surface area contributed by atoms with Crippen LogP contribution in [0.25, 0.3) is 0 Å². The van der Waals surface area contributed by atoms with E-state index in [9.17, 15) is 52.7 Å². The molecule has 0 radical (unpaired) electrons. The van der Waals surface area contributed by atoms with Crippen LogP contribution in [0.5, 0.6) is 0 Å². The summed E-state index contributed by atoms with van der Waals surface area (Å²) < 4.78 is 182. The fourth-order valence-electron chi connectivity index (χ4n) is 8.06. The zero-order valence-corrected chi connectivity index (χ0v) is 28.0. The lowest BCUT2D eigenvalue weighted by molar-refractivity contribution is -0.144. The maximum atomic E-state index is 14.1. The summed E-state index contributed by atoms with van der Waals surface area (Å²) in [5.41, 5.74) is -7.11. The van der Waals surface area contributed by atoms with Crippen LogP contribution in [-0.4, -0.2) is 24.0 Å². The fraction of sp³-hybridized carbons (Fsp3) is 0.333. The minimum atomic E-state index is -5.27. The molecule has 4 atom stereocenters. The second kappa shape index (κ2) is 12.5. The summed E-state index contributed by atoms with van der Waals surface area (Å²) in [5, 5.41) is 0. The van der Waals surface area contributed by atoms with Crippen molar-refractivity contribution in [3.8, 4) is 0 Å². The van der Waals surface area contributed by atoms with Gasteiger partial charge in [-0.25, -0.2) is 9.98 Å². The molecule has 4 nitrogen and oxygen atoms in total. The van der Waals surface area contributed by atoms with E-state index in [0.717, 1.165) is 11.1 Å². The molecule has 0 fully saturated rings. The van der Waals surface area contributed by atoms with Gasteiger partial charge in [0.15, 0.2) is 0 Å². The van der Waals surface area contributed by atoms with Crippen molar-refractivity contribution < 1.29 is 62.2 Å². The van der Waals surface area contributed by atoms with Crippen molar-refractivity contribution >= 4 is 11.8 Å². The maximum Gasteiger partial charge on any atom is 0.416 e. The normalized spacial score (nSPS) is 22.0. The van der Waals surface area contributed by atoms with Gasteiger partial charge in [0.1, 0.15) is 29.7 Å². The van der Waals surface area contributed by atoms with E-state index in [1.54, 1.807) is 36.4 Å². The molecule has 2 aliphatic carbocycles. The van der Waals surface area contributed by atoms with Crippen molar-refractivity contribution in [2.24, 2.45) is 15.4 Å². The van der Waals surface area contributed by atoms with Crippen LogP contribution in [0.3, 0.4) is 0 Å². The number of aliphatic imine (C=N–C) groups is 2. The smallest absolute Gasteiger partial charge is 0.416 e. The van der Waals surface area contributed by atoms with Gasteiger partial charge in [-0.1, -0.05) is 48.5 Å². The monoisotopic (exact) mass is 782 g/mol. The summed E-state index contributed by atoms with van der Waals surface area (Å²) in [5.74, 6) is -0.693. The molecule has 2 aliphatic heterocycles. The molecule has 0 bridgehead atoms. The molecule has 16 heteroatoms. The second-order valence-electron chi connectivity index (χ2n) is 14.1. The van der Waals surface area contributed by atoms with Gasteiger partial charge in [-0.05, 0) is 82.6 Å². The number of fused-ring (bicyclic) bond motifs is 6. The average molecular weight is 783 g/mol. The minimum absolute atomic E-state index is 0.0799. The van der Waals surface area contributed by atoms with Crippen LogP contribution in [-0.2, 0) is 59.9 Å². The summed E-state index contributed by atoms with van der Waals surface area (Å²) in [6, 6.07) is 14.2. The van der Waals surface area contributed by atoms with Crippen LogP contribution in [0, 0.1) is 5.41 Å². The first-order chi connectivity index (χ1) is 25.7. The zero-order valence-electron chi connectivity index (χ0n) is 28.0. The topological polar surface area (TPSA) is 43.2 Å². The fourth-order valence-corrected chi connectivity index (χ4v) is 8.06. The zero-order chi connectivity index (χ0) is 39.3. The predicted octanol–water partition coefficient (Wildman–Crippen LogP) is 10.7. The first-order valence-electron chi connectivity index (χ1n) is 16.9. The van der Waals surface area contributed by atoms with Crippen LogP contribution in [0.4, 0.5) is 52.7 Å². The molecule has 0 spiro atoms. The van der Waals surface area contributed by atoms with Crippen molar-refractivity contribution in [2.75, 3.05) is 0 Å². The van der Waals surface area contributed by atoms with E-state index in [4.69, 9.17) is 19.5 Å². The summed E-state index contributed by atoms with van der Waals surface area (Å²) in [4.78, 5) is 9.54. The molecule has 4 aromatic carbocycles. The Balaban J connectivity index is 1.38. The number of rotatable bonds is 6. The first kappa shape index (κ1) is 36.9. The van der Waals surface area contributed by atoms with Crippen molar-refractivity contribution in [3.63, 3.8) is 0 Å². The highest BCUT2D eigenvalue weighted by molar-refractivity contribution is 6.07. The number of nitrogens with zero attached hydrogens (tertiary/aromatic N) is 2. The average Bonchev–Trinajstić information content (AvgIpc) is 3.86. The van der Waals surface area contributed by atoms with Crippen LogP contribution >= 0.6 is 0 Å². The van der Waals surface area contributed by atoms with Crippen molar-refractivity contribution in [2.45, 2.75) is 74.7 Å². The lowest BCUT2D eigenvalue weighted by Gasteiger charge is -2.34. The third kappa shape index (κ3) is 6.70. The Morgan fingerprint density at radius 1 is 0.473 bits per heavy atom. The molecule has 0 unspecified atom stereocenters. The quantitative estimate of drug-likeness (QED) is 0.183. The highest BCUT2D eigenvalue weighted by Gasteiger charge is 2.55. The third-order valence-electron chi connectivity index (χ3n) is 10.5. The molecule has 0 saturated carbocycles. The highest BCUT2D eigenvalue weighted by Crippen LogP contribution is 2.50. The number of hydrogen-bond donors (Lipinski definition) is 0. The molecule has 0 saturated heterocycles. The first-order valence-corrected chi connectivity index (χ1v) is 16.9. The molecule has 4 aliphatic rings. The van der Waals surface area contributed by atoms with E-state index in [1.807, 2.05) is 12.1 Å². The van der Waals surface area contributed by atoms with Gasteiger partial charge in [0.2, 0.25) is 11.8 Å². The van der Waals surface area contributed by atoms with Gasteiger partial charge in [-0.15, -0.1) is 0 Å². The summed E-state index contributed by atoms with van der Waals surface area (Å²) in [6.45, 7) is 0. The Morgan fingerprint density at radius 2 is 0.800 bits per heavy atom. The Labute approximate surface area is 304 Å². The van der Waals surface area contributed by atoms with E-state index < -0.39 is 101 Å². The van der Waals surface area contributed by atoms with Crippen LogP contribution in [0.1, 0.15) is 67.7 Å². The highest BCUT2D eigenvalue weighted by atomic mass is 19.4. The maximum absolute atomic E-state index is 14.1. The van der Waals surface area contributed by atoms with E-state index in [0.29, 0.717) is 35.4 Å². The Hall–Kier alpha value is -5.02. The number of ether oxygens (including phenoxy) is 2. The summed E-state index contributed by atoms with van der Waals surface area (Å²) >= 11 is 0. The molecule has 0 aromatic heterocycles. The molecular formula is C39H26F12N2O2. The molecule has 0 amide bonds. The molecule has 288 valence electrons. The van der Waals surface area contributed by atoms with E-state index in [2.05, 4.69) is 0 Å². The van der Waals surface area contributed by atoms with Gasteiger partial charge >= 0.3 is 24.7 Å². The minimum Gasteiger partial charge on any atom is -0.474 e. The molecule has 0 N–H and O–H groups in total.